The smallest absolute Gasteiger partial charge is 0.410 e. The maximum atomic E-state index is 12.4. The molecule has 1 aromatic heterocycles. The molecule has 0 saturated carbocycles. The van der Waals surface area contributed by atoms with Crippen LogP contribution in [0, 0.1) is 6.92 Å². The normalized spacial score (nSPS) is 19.1. The van der Waals surface area contributed by atoms with Gasteiger partial charge in [0.15, 0.2) is 0 Å². The minimum absolute atomic E-state index is 0.185. The first kappa shape index (κ1) is 17.1. The van der Waals surface area contributed by atoms with Crippen molar-refractivity contribution in [1.29, 1.82) is 0 Å². The van der Waals surface area contributed by atoms with Crippen molar-refractivity contribution < 1.29 is 9.53 Å². The summed E-state index contributed by atoms with van der Waals surface area (Å²) in [4.78, 5) is 18.7. The van der Waals surface area contributed by atoms with E-state index in [4.69, 9.17) is 4.74 Å². The quantitative estimate of drug-likeness (QED) is 0.779. The van der Waals surface area contributed by atoms with Gasteiger partial charge in [0.2, 0.25) is 0 Å². The van der Waals surface area contributed by atoms with Crippen molar-refractivity contribution in [2.24, 2.45) is 0 Å². The molecular formula is C17H26N2O2S. The number of pyridine rings is 1. The number of aromatic nitrogens is 1. The molecule has 1 saturated heterocycles. The zero-order chi connectivity index (χ0) is 16.2. The third-order valence-corrected chi connectivity index (χ3v) is 4.64. The van der Waals surface area contributed by atoms with E-state index < -0.39 is 5.60 Å². The Balaban J connectivity index is 1.96. The minimum Gasteiger partial charge on any atom is -0.444 e. The molecule has 1 atom stereocenters. The van der Waals surface area contributed by atoms with E-state index in [2.05, 4.69) is 18.0 Å². The number of nitrogens with zero attached hydrogens (tertiary/aromatic N) is 2. The van der Waals surface area contributed by atoms with Gasteiger partial charge in [-0.25, -0.2) is 9.78 Å². The van der Waals surface area contributed by atoms with Gasteiger partial charge < -0.3 is 9.64 Å². The average molecular weight is 322 g/mol. The maximum absolute atomic E-state index is 12.4. The van der Waals surface area contributed by atoms with Crippen LogP contribution >= 0.6 is 11.8 Å². The fraction of sp³-hybridized carbons (Fsp3) is 0.647. The summed E-state index contributed by atoms with van der Waals surface area (Å²) < 4.78 is 5.54. The summed E-state index contributed by atoms with van der Waals surface area (Å²) in [5, 5.41) is 1.02. The lowest BCUT2D eigenvalue weighted by Gasteiger charge is -2.36. The summed E-state index contributed by atoms with van der Waals surface area (Å²) in [6.45, 7) is 8.60. The van der Waals surface area contributed by atoms with Gasteiger partial charge in [-0.15, -0.1) is 11.8 Å². The predicted molar refractivity (Wildman–Crippen MR) is 90.3 cm³/mol. The van der Waals surface area contributed by atoms with E-state index in [0.29, 0.717) is 0 Å². The Morgan fingerprint density at radius 3 is 2.91 bits per heavy atom. The second kappa shape index (κ2) is 7.36. The van der Waals surface area contributed by atoms with Crippen molar-refractivity contribution in [1.82, 2.24) is 9.88 Å². The van der Waals surface area contributed by atoms with Crippen molar-refractivity contribution >= 4 is 17.9 Å². The molecule has 1 fully saturated rings. The Kier molecular flexibility index (Phi) is 5.73. The van der Waals surface area contributed by atoms with E-state index in [1.54, 1.807) is 11.8 Å². The van der Waals surface area contributed by atoms with Gasteiger partial charge in [-0.1, -0.05) is 0 Å². The number of aryl methyl sites for hydroxylation is 1. The molecule has 1 aliphatic rings. The highest BCUT2D eigenvalue weighted by Gasteiger charge is 2.30. The van der Waals surface area contributed by atoms with E-state index in [-0.39, 0.29) is 12.1 Å². The van der Waals surface area contributed by atoms with Crippen molar-refractivity contribution in [2.75, 3.05) is 12.3 Å². The number of ether oxygens (including phenoxy) is 1. The second-order valence-electron chi connectivity index (χ2n) is 6.81. The molecule has 0 N–H and O–H groups in total. The molecule has 1 amide bonds. The molecule has 122 valence electrons. The van der Waals surface area contributed by atoms with Crippen molar-refractivity contribution in [3.05, 3.63) is 23.9 Å². The first-order valence-corrected chi connectivity index (χ1v) is 8.89. The monoisotopic (exact) mass is 322 g/mol. The lowest BCUT2D eigenvalue weighted by Crippen LogP contribution is -2.47. The van der Waals surface area contributed by atoms with Crippen LogP contribution < -0.4 is 0 Å². The van der Waals surface area contributed by atoms with Gasteiger partial charge in [0, 0.05) is 24.5 Å². The standard InChI is InChI=1S/C17H26N2O2S/c1-13-8-9-18-15(11-13)22-12-14-7-5-6-10-19(14)16(20)21-17(2,3)4/h8-9,11,14H,5-7,10,12H2,1-4H3. The Morgan fingerprint density at radius 1 is 1.45 bits per heavy atom. The molecule has 1 aliphatic heterocycles. The first-order valence-electron chi connectivity index (χ1n) is 7.90. The van der Waals surface area contributed by atoms with Crippen LogP contribution in [-0.4, -0.2) is 39.9 Å². The SMILES string of the molecule is Cc1ccnc(SCC2CCCCN2C(=O)OC(C)(C)C)c1. The Morgan fingerprint density at radius 2 is 2.23 bits per heavy atom. The molecule has 22 heavy (non-hydrogen) atoms. The number of amides is 1. The maximum Gasteiger partial charge on any atom is 0.410 e. The molecule has 0 spiro atoms. The Labute approximate surface area is 137 Å². The third kappa shape index (κ3) is 5.20. The van der Waals surface area contributed by atoms with Gasteiger partial charge in [0.05, 0.1) is 5.03 Å². The molecule has 4 nitrogen and oxygen atoms in total. The van der Waals surface area contributed by atoms with Crippen molar-refractivity contribution in [3.63, 3.8) is 0 Å². The highest BCUT2D eigenvalue weighted by molar-refractivity contribution is 7.99. The van der Waals surface area contributed by atoms with E-state index in [9.17, 15) is 4.79 Å². The van der Waals surface area contributed by atoms with Gasteiger partial charge in [-0.05, 0) is 64.7 Å². The van der Waals surface area contributed by atoms with Gasteiger partial charge in [-0.3, -0.25) is 0 Å². The predicted octanol–water partition coefficient (Wildman–Crippen LogP) is 4.27. The number of hydrogen-bond acceptors (Lipinski definition) is 4. The van der Waals surface area contributed by atoms with Crippen LogP contribution in [0.1, 0.15) is 45.6 Å². The molecular weight excluding hydrogens is 296 g/mol. The zero-order valence-corrected chi connectivity index (χ0v) is 14.8. The average Bonchev–Trinajstić information content (AvgIpc) is 2.44. The molecule has 1 aromatic rings. The van der Waals surface area contributed by atoms with E-state index in [0.717, 1.165) is 30.2 Å². The van der Waals surface area contributed by atoms with Crippen LogP contribution in [0.4, 0.5) is 4.79 Å². The lowest BCUT2D eigenvalue weighted by molar-refractivity contribution is 0.0126. The second-order valence-corrected chi connectivity index (χ2v) is 7.85. The zero-order valence-electron chi connectivity index (χ0n) is 14.0. The van der Waals surface area contributed by atoms with Crippen molar-refractivity contribution in [2.45, 2.75) is 63.6 Å². The molecule has 5 heteroatoms. The number of piperidine rings is 1. The first-order chi connectivity index (χ1) is 10.3. The number of likely N-dealkylation sites (tertiary alicyclic amines) is 1. The van der Waals surface area contributed by atoms with Crippen molar-refractivity contribution in [3.8, 4) is 0 Å². The topological polar surface area (TPSA) is 42.4 Å². The number of carbonyl (C=O) groups is 1. The lowest BCUT2D eigenvalue weighted by atomic mass is 10.0. The Hall–Kier alpha value is -1.23. The molecule has 0 aliphatic carbocycles. The minimum atomic E-state index is -0.440. The molecule has 0 aromatic carbocycles. The third-order valence-electron chi connectivity index (χ3n) is 3.57. The van der Waals surface area contributed by atoms with Gasteiger partial charge in [0.25, 0.3) is 0 Å². The molecule has 2 rings (SSSR count). The number of thioether (sulfide) groups is 1. The molecule has 0 bridgehead atoms. The summed E-state index contributed by atoms with van der Waals surface area (Å²) in [6.07, 6.45) is 4.92. The number of rotatable bonds is 3. The van der Waals surface area contributed by atoms with Crippen LogP contribution in [0.2, 0.25) is 0 Å². The van der Waals surface area contributed by atoms with Crippen LogP contribution in [-0.2, 0) is 4.74 Å². The van der Waals surface area contributed by atoms with E-state index in [1.807, 2.05) is 37.9 Å². The summed E-state index contributed by atoms with van der Waals surface area (Å²) >= 11 is 1.72. The highest BCUT2D eigenvalue weighted by atomic mass is 32.2. The molecule has 2 heterocycles. The molecule has 1 unspecified atom stereocenters. The van der Waals surface area contributed by atoms with Gasteiger partial charge >= 0.3 is 6.09 Å². The summed E-state index contributed by atoms with van der Waals surface area (Å²) in [5.74, 6) is 0.871. The molecule has 0 radical (unpaired) electrons. The van der Waals surface area contributed by atoms with E-state index >= 15 is 0 Å². The highest BCUT2D eigenvalue weighted by Crippen LogP contribution is 2.26. The number of hydrogen-bond donors (Lipinski definition) is 0. The van der Waals surface area contributed by atoms with Crippen LogP contribution in [0.15, 0.2) is 23.4 Å². The largest absolute Gasteiger partial charge is 0.444 e. The fourth-order valence-electron chi connectivity index (χ4n) is 2.50. The fourth-order valence-corrected chi connectivity index (χ4v) is 3.62. The van der Waals surface area contributed by atoms with Gasteiger partial charge in [-0.2, -0.15) is 0 Å². The van der Waals surface area contributed by atoms with Crippen LogP contribution in [0.3, 0.4) is 0 Å². The van der Waals surface area contributed by atoms with Crippen LogP contribution in [0.25, 0.3) is 0 Å². The van der Waals surface area contributed by atoms with Gasteiger partial charge in [0.1, 0.15) is 5.60 Å². The summed E-state index contributed by atoms with van der Waals surface area (Å²) in [7, 11) is 0. The number of carbonyl (C=O) groups excluding carboxylic acids is 1. The summed E-state index contributed by atoms with van der Waals surface area (Å²) in [5.41, 5.74) is 0.773. The Bertz CT molecular complexity index is 514. The summed E-state index contributed by atoms with van der Waals surface area (Å²) in [6, 6.07) is 4.32. The van der Waals surface area contributed by atoms with E-state index in [1.165, 1.54) is 12.0 Å². The van der Waals surface area contributed by atoms with Crippen LogP contribution in [0.5, 0.6) is 0 Å².